The van der Waals surface area contributed by atoms with E-state index < -0.39 is 0 Å². The second-order valence-electron chi connectivity index (χ2n) is 7.86. The van der Waals surface area contributed by atoms with Gasteiger partial charge in [-0.3, -0.25) is 0 Å². The fraction of sp³-hybridized carbons (Fsp3) is 1.00. The number of piperidine rings is 3. The van der Waals surface area contributed by atoms with Crippen molar-refractivity contribution in [1.29, 1.82) is 0 Å². The molecule has 1 spiro atoms. The minimum Gasteiger partial charge on any atom is -0.324 e. The first-order valence-electron chi connectivity index (χ1n) is 9.42. The first-order valence-corrected chi connectivity index (χ1v) is 9.42. The minimum absolute atomic E-state index is 1.04. The molecule has 0 saturated carbocycles. The summed E-state index contributed by atoms with van der Waals surface area (Å²) >= 11 is 0. The van der Waals surface area contributed by atoms with E-state index >= 15 is 0 Å². The predicted octanol–water partition coefficient (Wildman–Crippen LogP) is 3.57. The molecule has 116 valence electrons. The summed E-state index contributed by atoms with van der Waals surface area (Å²) in [7, 11) is 0. The highest BCUT2D eigenvalue weighted by atomic mass is 15.4. The Morgan fingerprint density at radius 1 is 0.700 bits per heavy atom. The SMILES string of the molecule is C1CC[N+]2(CC1)CCC(CCCC1CCNCC1)CC2. The molecule has 1 N–H and O–H groups in total. The Balaban J connectivity index is 1.32. The van der Waals surface area contributed by atoms with Gasteiger partial charge in [-0.1, -0.05) is 19.3 Å². The molecule has 0 unspecified atom stereocenters. The van der Waals surface area contributed by atoms with E-state index in [0.717, 1.165) is 11.8 Å². The average molecular weight is 279 g/mol. The van der Waals surface area contributed by atoms with Crippen molar-refractivity contribution in [1.82, 2.24) is 5.32 Å². The van der Waals surface area contributed by atoms with Crippen LogP contribution in [0.1, 0.15) is 64.2 Å². The second-order valence-corrected chi connectivity index (χ2v) is 7.86. The molecule has 3 aliphatic heterocycles. The van der Waals surface area contributed by atoms with Crippen LogP contribution < -0.4 is 5.32 Å². The first kappa shape index (κ1) is 14.8. The standard InChI is InChI=1S/C18H35N2/c1-2-13-20(14-3-1)15-9-18(10-16-20)6-4-5-17-7-11-19-12-8-17/h17-19H,1-16H2/q+1. The van der Waals surface area contributed by atoms with Crippen LogP contribution in [0.15, 0.2) is 0 Å². The molecule has 0 aromatic heterocycles. The average Bonchev–Trinajstić information content (AvgIpc) is 2.52. The van der Waals surface area contributed by atoms with Gasteiger partial charge < -0.3 is 9.80 Å². The molecule has 0 aromatic rings. The maximum absolute atomic E-state index is 3.49. The van der Waals surface area contributed by atoms with Crippen LogP contribution in [0.5, 0.6) is 0 Å². The number of hydrogen-bond donors (Lipinski definition) is 1. The van der Waals surface area contributed by atoms with E-state index in [1.54, 1.807) is 0 Å². The predicted molar refractivity (Wildman–Crippen MR) is 85.7 cm³/mol. The summed E-state index contributed by atoms with van der Waals surface area (Å²) in [6.45, 7) is 8.57. The van der Waals surface area contributed by atoms with E-state index in [1.165, 1.54) is 108 Å². The van der Waals surface area contributed by atoms with Gasteiger partial charge in [0.05, 0.1) is 26.2 Å². The Hall–Kier alpha value is -0.0800. The Bertz CT molecular complexity index is 267. The molecule has 0 aliphatic carbocycles. The van der Waals surface area contributed by atoms with Crippen molar-refractivity contribution in [2.45, 2.75) is 64.2 Å². The number of rotatable bonds is 4. The molecule has 3 heterocycles. The molecule has 0 radical (unpaired) electrons. The van der Waals surface area contributed by atoms with Crippen LogP contribution in [0, 0.1) is 11.8 Å². The van der Waals surface area contributed by atoms with Gasteiger partial charge in [0, 0.05) is 0 Å². The zero-order valence-electron chi connectivity index (χ0n) is 13.4. The van der Waals surface area contributed by atoms with Crippen LogP contribution in [-0.2, 0) is 0 Å². The van der Waals surface area contributed by atoms with Crippen molar-refractivity contribution in [3.8, 4) is 0 Å². The number of nitrogens with one attached hydrogen (secondary N) is 1. The Morgan fingerprint density at radius 3 is 1.95 bits per heavy atom. The van der Waals surface area contributed by atoms with Crippen molar-refractivity contribution >= 4 is 0 Å². The number of nitrogens with zero attached hydrogens (tertiary/aromatic N) is 1. The molecule has 0 bridgehead atoms. The lowest BCUT2D eigenvalue weighted by molar-refractivity contribution is -0.937. The van der Waals surface area contributed by atoms with Gasteiger partial charge >= 0.3 is 0 Å². The lowest BCUT2D eigenvalue weighted by atomic mass is 9.86. The van der Waals surface area contributed by atoms with Crippen molar-refractivity contribution in [3.05, 3.63) is 0 Å². The molecule has 3 fully saturated rings. The molecular formula is C18H35N2+. The lowest BCUT2D eigenvalue weighted by Gasteiger charge is -2.46. The Morgan fingerprint density at radius 2 is 1.30 bits per heavy atom. The van der Waals surface area contributed by atoms with E-state index in [4.69, 9.17) is 0 Å². The summed E-state index contributed by atoms with van der Waals surface area (Å²) in [4.78, 5) is 0. The highest BCUT2D eigenvalue weighted by molar-refractivity contribution is 4.71. The molecule has 2 nitrogen and oxygen atoms in total. The topological polar surface area (TPSA) is 12.0 Å². The van der Waals surface area contributed by atoms with E-state index in [9.17, 15) is 0 Å². The summed E-state index contributed by atoms with van der Waals surface area (Å²) in [5.74, 6) is 2.11. The van der Waals surface area contributed by atoms with Gasteiger partial charge in [0.25, 0.3) is 0 Å². The number of hydrogen-bond acceptors (Lipinski definition) is 1. The molecule has 3 rings (SSSR count). The normalized spacial score (nSPS) is 28.8. The number of quaternary nitrogens is 1. The summed E-state index contributed by atoms with van der Waals surface area (Å²) in [6, 6.07) is 0. The van der Waals surface area contributed by atoms with Crippen molar-refractivity contribution in [3.63, 3.8) is 0 Å². The molecule has 20 heavy (non-hydrogen) atoms. The molecule has 0 aromatic carbocycles. The molecule has 3 aliphatic rings. The van der Waals surface area contributed by atoms with Crippen LogP contribution >= 0.6 is 0 Å². The van der Waals surface area contributed by atoms with Gasteiger partial charge in [0.2, 0.25) is 0 Å². The highest BCUT2D eigenvalue weighted by Gasteiger charge is 2.34. The van der Waals surface area contributed by atoms with Gasteiger partial charge in [0.15, 0.2) is 0 Å². The highest BCUT2D eigenvalue weighted by Crippen LogP contribution is 2.31. The van der Waals surface area contributed by atoms with E-state index in [1.807, 2.05) is 0 Å². The largest absolute Gasteiger partial charge is 0.324 e. The zero-order chi connectivity index (χ0) is 13.7. The van der Waals surface area contributed by atoms with Gasteiger partial charge in [-0.25, -0.2) is 0 Å². The third kappa shape index (κ3) is 3.98. The summed E-state index contributed by atoms with van der Waals surface area (Å²) < 4.78 is 1.50. The van der Waals surface area contributed by atoms with Crippen LogP contribution in [0.4, 0.5) is 0 Å². The molecular weight excluding hydrogens is 244 g/mol. The first-order chi connectivity index (χ1) is 9.86. The fourth-order valence-electron chi connectivity index (χ4n) is 4.95. The maximum Gasteiger partial charge on any atom is 0.0789 e. The third-order valence-corrected chi connectivity index (χ3v) is 6.47. The van der Waals surface area contributed by atoms with Crippen LogP contribution in [-0.4, -0.2) is 43.8 Å². The maximum atomic E-state index is 3.49. The molecule has 0 atom stereocenters. The third-order valence-electron chi connectivity index (χ3n) is 6.47. The van der Waals surface area contributed by atoms with Gasteiger partial charge in [0.1, 0.15) is 0 Å². The van der Waals surface area contributed by atoms with Crippen molar-refractivity contribution < 1.29 is 4.48 Å². The molecule has 0 amide bonds. The summed E-state index contributed by atoms with van der Waals surface area (Å²) in [6.07, 6.45) is 15.0. The fourth-order valence-corrected chi connectivity index (χ4v) is 4.95. The monoisotopic (exact) mass is 279 g/mol. The quantitative estimate of drug-likeness (QED) is 0.776. The molecule has 3 saturated heterocycles. The lowest BCUT2D eigenvalue weighted by Crippen LogP contribution is -2.55. The summed E-state index contributed by atoms with van der Waals surface area (Å²) in [5, 5.41) is 3.49. The molecule has 2 heteroatoms. The van der Waals surface area contributed by atoms with Crippen molar-refractivity contribution in [2.24, 2.45) is 11.8 Å². The van der Waals surface area contributed by atoms with Gasteiger partial charge in [-0.05, 0) is 69.9 Å². The summed E-state index contributed by atoms with van der Waals surface area (Å²) in [5.41, 5.74) is 0. The van der Waals surface area contributed by atoms with Gasteiger partial charge in [-0.2, -0.15) is 0 Å². The second kappa shape index (κ2) is 7.26. The minimum atomic E-state index is 1.04. The zero-order valence-corrected chi connectivity index (χ0v) is 13.4. The van der Waals surface area contributed by atoms with E-state index in [-0.39, 0.29) is 0 Å². The van der Waals surface area contributed by atoms with Crippen LogP contribution in [0.25, 0.3) is 0 Å². The van der Waals surface area contributed by atoms with Crippen LogP contribution in [0.2, 0.25) is 0 Å². The van der Waals surface area contributed by atoms with E-state index in [0.29, 0.717) is 0 Å². The van der Waals surface area contributed by atoms with E-state index in [2.05, 4.69) is 5.32 Å². The Kier molecular flexibility index (Phi) is 5.39. The smallest absolute Gasteiger partial charge is 0.0789 e. The Labute approximate surface area is 125 Å². The van der Waals surface area contributed by atoms with Crippen LogP contribution in [0.3, 0.4) is 0 Å². The van der Waals surface area contributed by atoms with Crippen molar-refractivity contribution in [2.75, 3.05) is 39.3 Å². The van der Waals surface area contributed by atoms with Gasteiger partial charge in [-0.15, -0.1) is 0 Å².